The third kappa shape index (κ3) is 2.65. The summed E-state index contributed by atoms with van der Waals surface area (Å²) < 4.78 is 32.8. The molecule has 0 unspecified atom stereocenters. The molecule has 2 aromatic heterocycles. The van der Waals surface area contributed by atoms with Crippen LogP contribution in [0.1, 0.15) is 11.5 Å². The summed E-state index contributed by atoms with van der Waals surface area (Å²) in [4.78, 5) is 1.09. The number of anilines is 1. The van der Waals surface area contributed by atoms with Gasteiger partial charge in [0.2, 0.25) is 0 Å². The predicted octanol–water partition coefficient (Wildman–Crippen LogP) is 3.82. The molecule has 114 valence electrons. The van der Waals surface area contributed by atoms with Gasteiger partial charge >= 0.3 is 0 Å². The largest absolute Gasteiger partial charge is 0.360 e. The van der Waals surface area contributed by atoms with Crippen LogP contribution in [0.3, 0.4) is 0 Å². The summed E-state index contributed by atoms with van der Waals surface area (Å²) in [5.74, 6) is 0.276. The van der Waals surface area contributed by atoms with Gasteiger partial charge in [-0.2, -0.15) is 0 Å². The predicted molar refractivity (Wildman–Crippen MR) is 86.5 cm³/mol. The summed E-state index contributed by atoms with van der Waals surface area (Å²) in [6.07, 6.45) is 0. The number of aromatic nitrogens is 1. The van der Waals surface area contributed by atoms with E-state index < -0.39 is 10.0 Å². The lowest BCUT2D eigenvalue weighted by Crippen LogP contribution is -2.15. The first-order valence-electron chi connectivity index (χ1n) is 6.57. The number of aryl methyl sites for hydroxylation is 2. The minimum atomic E-state index is -3.75. The molecule has 3 aromatic rings. The maximum Gasteiger partial charge on any atom is 0.267 e. The number of hydrogen-bond donors (Lipinski definition) is 1. The highest BCUT2D eigenvalue weighted by Gasteiger charge is 2.25. The first-order valence-corrected chi connectivity index (χ1v) is 8.94. The Morgan fingerprint density at radius 2 is 1.91 bits per heavy atom. The fourth-order valence-electron chi connectivity index (χ4n) is 2.27. The van der Waals surface area contributed by atoms with Gasteiger partial charge in [0, 0.05) is 10.4 Å². The zero-order valence-electron chi connectivity index (χ0n) is 12.0. The van der Waals surface area contributed by atoms with Gasteiger partial charge in [-0.25, -0.2) is 8.42 Å². The second kappa shape index (κ2) is 5.58. The highest BCUT2D eigenvalue weighted by Crippen LogP contribution is 2.33. The number of sulfonamides is 1. The quantitative estimate of drug-likeness (QED) is 0.787. The fourth-order valence-corrected chi connectivity index (χ4v) is 4.45. The monoisotopic (exact) mass is 334 g/mol. The SMILES string of the molecule is Cc1noc(C)c1S(=O)(=O)Nc1ccccc1-c1cccs1. The van der Waals surface area contributed by atoms with Crippen LogP contribution in [0, 0.1) is 13.8 Å². The lowest BCUT2D eigenvalue weighted by atomic mass is 10.1. The van der Waals surface area contributed by atoms with Gasteiger partial charge in [0.1, 0.15) is 5.69 Å². The Hall–Kier alpha value is -2.12. The van der Waals surface area contributed by atoms with Gasteiger partial charge in [-0.15, -0.1) is 11.3 Å². The standard InChI is InChI=1S/C15H14N2O3S2/c1-10-15(11(2)20-16-10)22(18,19)17-13-7-4-3-6-12(13)14-8-5-9-21-14/h3-9,17H,1-2H3. The average molecular weight is 334 g/mol. The van der Waals surface area contributed by atoms with Crippen LogP contribution in [0.25, 0.3) is 10.4 Å². The number of para-hydroxylation sites is 1. The number of hydrogen-bond acceptors (Lipinski definition) is 5. The molecular weight excluding hydrogens is 320 g/mol. The second-order valence-corrected chi connectivity index (χ2v) is 7.35. The summed E-state index contributed by atoms with van der Waals surface area (Å²) in [6, 6.07) is 11.2. The summed E-state index contributed by atoms with van der Waals surface area (Å²) in [6.45, 7) is 3.19. The third-order valence-electron chi connectivity index (χ3n) is 3.19. The van der Waals surface area contributed by atoms with Crippen LogP contribution >= 0.6 is 11.3 Å². The van der Waals surface area contributed by atoms with Crippen LogP contribution in [0.2, 0.25) is 0 Å². The van der Waals surface area contributed by atoms with Crippen LogP contribution in [-0.4, -0.2) is 13.6 Å². The van der Waals surface area contributed by atoms with Crippen molar-refractivity contribution in [2.24, 2.45) is 0 Å². The summed E-state index contributed by atoms with van der Waals surface area (Å²) >= 11 is 1.55. The van der Waals surface area contributed by atoms with Gasteiger partial charge < -0.3 is 4.52 Å². The zero-order valence-corrected chi connectivity index (χ0v) is 13.7. The average Bonchev–Trinajstić information content (AvgIpc) is 3.09. The van der Waals surface area contributed by atoms with E-state index in [0.717, 1.165) is 10.4 Å². The lowest BCUT2D eigenvalue weighted by molar-refractivity contribution is 0.390. The molecule has 7 heteroatoms. The van der Waals surface area contributed by atoms with Crippen LogP contribution < -0.4 is 4.72 Å². The van der Waals surface area contributed by atoms with Gasteiger partial charge in [0.15, 0.2) is 10.7 Å². The molecule has 0 amide bonds. The Bertz CT molecular complexity index is 877. The molecule has 0 spiro atoms. The normalized spacial score (nSPS) is 11.5. The number of nitrogens with zero attached hydrogens (tertiary/aromatic N) is 1. The molecule has 0 radical (unpaired) electrons. The molecule has 0 atom stereocenters. The van der Waals surface area contributed by atoms with Gasteiger partial charge in [0.25, 0.3) is 10.0 Å². The van der Waals surface area contributed by atoms with E-state index in [1.54, 1.807) is 37.3 Å². The van der Waals surface area contributed by atoms with Gasteiger partial charge in [-0.05, 0) is 31.4 Å². The van der Waals surface area contributed by atoms with Gasteiger partial charge in [0.05, 0.1) is 5.69 Å². The topological polar surface area (TPSA) is 72.2 Å². The van der Waals surface area contributed by atoms with E-state index in [0.29, 0.717) is 11.4 Å². The molecule has 0 bridgehead atoms. The number of thiophene rings is 1. The molecule has 5 nitrogen and oxygen atoms in total. The molecule has 0 aliphatic rings. The first kappa shape index (κ1) is 14.8. The summed E-state index contributed by atoms with van der Waals surface area (Å²) in [5.41, 5.74) is 1.72. The van der Waals surface area contributed by atoms with Crippen LogP contribution in [0.15, 0.2) is 51.2 Å². The van der Waals surface area contributed by atoms with Crippen molar-refractivity contribution in [1.82, 2.24) is 5.16 Å². The van der Waals surface area contributed by atoms with Crippen molar-refractivity contribution in [1.29, 1.82) is 0 Å². The van der Waals surface area contributed by atoms with Crippen molar-refractivity contribution < 1.29 is 12.9 Å². The Labute approximate surface area is 132 Å². The molecule has 2 heterocycles. The fraction of sp³-hybridized carbons (Fsp3) is 0.133. The second-order valence-electron chi connectivity index (χ2n) is 4.78. The molecule has 1 aromatic carbocycles. The maximum absolute atomic E-state index is 12.6. The van der Waals surface area contributed by atoms with E-state index in [1.807, 2.05) is 29.6 Å². The zero-order chi connectivity index (χ0) is 15.7. The van der Waals surface area contributed by atoms with E-state index in [9.17, 15) is 8.42 Å². The molecular formula is C15H14N2O3S2. The van der Waals surface area contributed by atoms with Crippen molar-refractivity contribution in [3.05, 3.63) is 53.2 Å². The molecule has 0 saturated carbocycles. The van der Waals surface area contributed by atoms with Crippen LogP contribution in [-0.2, 0) is 10.0 Å². The summed E-state index contributed by atoms with van der Waals surface area (Å²) in [5, 5.41) is 5.66. The molecule has 22 heavy (non-hydrogen) atoms. The molecule has 1 N–H and O–H groups in total. The van der Waals surface area contributed by atoms with E-state index in [-0.39, 0.29) is 10.7 Å². The number of rotatable bonds is 4. The Balaban J connectivity index is 2.04. The van der Waals surface area contributed by atoms with Crippen molar-refractivity contribution in [3.63, 3.8) is 0 Å². The number of nitrogens with one attached hydrogen (secondary N) is 1. The Kier molecular flexibility index (Phi) is 3.76. The molecule has 3 rings (SSSR count). The smallest absolute Gasteiger partial charge is 0.267 e. The molecule has 0 fully saturated rings. The van der Waals surface area contributed by atoms with Crippen molar-refractivity contribution in [2.75, 3.05) is 4.72 Å². The highest BCUT2D eigenvalue weighted by molar-refractivity contribution is 7.92. The van der Waals surface area contributed by atoms with E-state index >= 15 is 0 Å². The van der Waals surface area contributed by atoms with Gasteiger partial charge in [-0.3, -0.25) is 4.72 Å². The lowest BCUT2D eigenvalue weighted by Gasteiger charge is -2.11. The Morgan fingerprint density at radius 1 is 1.14 bits per heavy atom. The van der Waals surface area contributed by atoms with Gasteiger partial charge in [-0.1, -0.05) is 29.4 Å². The Morgan fingerprint density at radius 3 is 2.55 bits per heavy atom. The summed E-state index contributed by atoms with van der Waals surface area (Å²) in [7, 11) is -3.75. The molecule has 0 aliphatic carbocycles. The minimum Gasteiger partial charge on any atom is -0.360 e. The van der Waals surface area contributed by atoms with Crippen molar-refractivity contribution in [3.8, 4) is 10.4 Å². The highest BCUT2D eigenvalue weighted by atomic mass is 32.2. The first-order chi connectivity index (χ1) is 10.5. The maximum atomic E-state index is 12.6. The van der Waals surface area contributed by atoms with E-state index in [2.05, 4.69) is 9.88 Å². The number of benzene rings is 1. The van der Waals surface area contributed by atoms with E-state index in [1.165, 1.54) is 0 Å². The minimum absolute atomic E-state index is 0.0912. The van der Waals surface area contributed by atoms with Crippen LogP contribution in [0.4, 0.5) is 5.69 Å². The van der Waals surface area contributed by atoms with Crippen molar-refractivity contribution in [2.45, 2.75) is 18.7 Å². The molecule has 0 aliphatic heterocycles. The molecule has 0 saturated heterocycles. The van der Waals surface area contributed by atoms with Crippen molar-refractivity contribution >= 4 is 27.0 Å². The van der Waals surface area contributed by atoms with Crippen LogP contribution in [0.5, 0.6) is 0 Å². The third-order valence-corrected chi connectivity index (χ3v) is 5.71. The van der Waals surface area contributed by atoms with E-state index in [4.69, 9.17) is 4.52 Å².